The van der Waals surface area contributed by atoms with Crippen molar-refractivity contribution in [1.29, 1.82) is 0 Å². The molecule has 2 heterocycles. The van der Waals surface area contributed by atoms with E-state index in [1.165, 1.54) is 24.5 Å². The summed E-state index contributed by atoms with van der Waals surface area (Å²) in [6.07, 6.45) is 2.98. The Balaban J connectivity index is 1.88. The van der Waals surface area contributed by atoms with Crippen LogP contribution < -0.4 is 5.73 Å². The average Bonchev–Trinajstić information content (AvgIpc) is 3.11. The van der Waals surface area contributed by atoms with Gasteiger partial charge in [-0.1, -0.05) is 50.2 Å². The second kappa shape index (κ2) is 7.52. The Morgan fingerprint density at radius 3 is 1.91 bits per heavy atom. The highest BCUT2D eigenvalue weighted by Gasteiger charge is 2.52. The largest absolute Gasteiger partial charge is 0.398 e. The Kier molecular flexibility index (Phi) is 4.77. The van der Waals surface area contributed by atoms with E-state index >= 15 is 0 Å². The number of hydrogen-bond acceptors (Lipinski definition) is 3. The Bertz CT molecular complexity index is 1270. The summed E-state index contributed by atoms with van der Waals surface area (Å²) in [5.74, 6) is -1.42. The van der Waals surface area contributed by atoms with Gasteiger partial charge in [0.25, 0.3) is 0 Å². The molecule has 0 spiro atoms. The van der Waals surface area contributed by atoms with Crippen molar-refractivity contribution < 1.29 is 8.78 Å². The number of aromatic nitrogens is 2. The molecule has 0 radical (unpaired) electrons. The maximum atomic E-state index is 14.2. The van der Waals surface area contributed by atoms with Gasteiger partial charge in [-0.2, -0.15) is 8.78 Å². The van der Waals surface area contributed by atoms with E-state index in [-0.39, 0.29) is 11.8 Å². The normalized spacial score (nSPS) is 18.6. The van der Waals surface area contributed by atoms with Gasteiger partial charge in [-0.25, -0.2) is 9.97 Å². The quantitative estimate of drug-likeness (QED) is 0.311. The van der Waals surface area contributed by atoms with Gasteiger partial charge < -0.3 is 5.73 Å². The fraction of sp³-hybridized carbons (Fsp3) is 0.185. The van der Waals surface area contributed by atoms with Crippen LogP contribution in [-0.4, -0.2) is 9.97 Å². The van der Waals surface area contributed by atoms with Gasteiger partial charge in [0, 0.05) is 23.5 Å². The number of anilines is 1. The molecule has 0 amide bonds. The van der Waals surface area contributed by atoms with Crippen molar-refractivity contribution in [3.8, 4) is 11.1 Å². The minimum Gasteiger partial charge on any atom is -0.398 e. The molecule has 3 nitrogen and oxygen atoms in total. The van der Waals surface area contributed by atoms with E-state index in [1.54, 1.807) is 0 Å². The van der Waals surface area contributed by atoms with Crippen molar-refractivity contribution in [2.45, 2.75) is 31.1 Å². The predicted molar refractivity (Wildman–Crippen MR) is 122 cm³/mol. The van der Waals surface area contributed by atoms with Crippen LogP contribution in [0.4, 0.5) is 14.5 Å². The Morgan fingerprint density at radius 2 is 1.31 bits per heavy atom. The molecular formula is C27H23F2N3. The summed E-state index contributed by atoms with van der Waals surface area (Å²) in [6, 6.07) is 20.8. The lowest BCUT2D eigenvalue weighted by molar-refractivity contribution is 0.373. The summed E-state index contributed by atoms with van der Waals surface area (Å²) in [6.45, 7) is 4.17. The summed E-state index contributed by atoms with van der Waals surface area (Å²) in [5.41, 5.74) is 12.5. The third-order valence-corrected chi connectivity index (χ3v) is 7.04. The predicted octanol–water partition coefficient (Wildman–Crippen LogP) is 6.21. The van der Waals surface area contributed by atoms with Crippen molar-refractivity contribution in [3.05, 3.63) is 113 Å². The molecule has 0 fully saturated rings. The van der Waals surface area contributed by atoms with E-state index in [0.29, 0.717) is 5.69 Å². The molecule has 0 saturated carbocycles. The fourth-order valence-corrected chi connectivity index (χ4v) is 5.64. The van der Waals surface area contributed by atoms with Gasteiger partial charge in [-0.05, 0) is 75.5 Å². The zero-order valence-corrected chi connectivity index (χ0v) is 17.9. The monoisotopic (exact) mass is 427 g/mol. The van der Waals surface area contributed by atoms with Gasteiger partial charge in [-0.3, -0.25) is 0 Å². The van der Waals surface area contributed by atoms with Crippen LogP contribution in [0, 0.1) is 11.9 Å². The van der Waals surface area contributed by atoms with Crippen molar-refractivity contribution in [2.75, 3.05) is 5.73 Å². The lowest BCUT2D eigenvalue weighted by Gasteiger charge is -2.44. The van der Waals surface area contributed by atoms with E-state index in [9.17, 15) is 8.78 Å². The molecule has 2 N–H and O–H groups in total. The summed E-state index contributed by atoms with van der Waals surface area (Å²) >= 11 is 0. The number of rotatable bonds is 4. The molecule has 0 bridgehead atoms. The number of fused-ring (bicyclic) bond motifs is 3. The first-order chi connectivity index (χ1) is 15.4. The number of nitrogen functional groups attached to an aromatic ring is 1. The van der Waals surface area contributed by atoms with Gasteiger partial charge in [-0.15, -0.1) is 0 Å². The molecule has 2 atom stereocenters. The summed E-state index contributed by atoms with van der Waals surface area (Å²) in [5, 5.41) is 0. The van der Waals surface area contributed by atoms with Gasteiger partial charge in [0.15, 0.2) is 0 Å². The second-order valence-corrected chi connectivity index (χ2v) is 8.45. The second-order valence-electron chi connectivity index (χ2n) is 8.45. The molecule has 0 aliphatic heterocycles. The highest BCUT2D eigenvalue weighted by Crippen LogP contribution is 2.62. The Morgan fingerprint density at radius 1 is 0.750 bits per heavy atom. The van der Waals surface area contributed by atoms with Gasteiger partial charge in [0.05, 0.1) is 0 Å². The van der Waals surface area contributed by atoms with E-state index in [0.717, 1.165) is 33.4 Å². The number of benzene rings is 2. The highest BCUT2D eigenvalue weighted by atomic mass is 19.1. The van der Waals surface area contributed by atoms with Crippen molar-refractivity contribution >= 4 is 5.69 Å². The molecule has 1 aliphatic rings. The van der Waals surface area contributed by atoms with E-state index in [2.05, 4.69) is 42.0 Å². The minimum atomic E-state index is -0.654. The third kappa shape index (κ3) is 2.84. The van der Waals surface area contributed by atoms with Crippen LogP contribution in [0.5, 0.6) is 0 Å². The maximum Gasteiger partial charge on any atom is 0.213 e. The van der Waals surface area contributed by atoms with Gasteiger partial charge in [0.1, 0.15) is 0 Å². The van der Waals surface area contributed by atoms with E-state index < -0.39 is 17.3 Å². The number of nitrogens with two attached hydrogens (primary N) is 1. The molecule has 2 unspecified atom stereocenters. The molecular weight excluding hydrogens is 404 g/mol. The van der Waals surface area contributed by atoms with Crippen LogP contribution in [-0.2, 0) is 5.41 Å². The SMILES string of the molecule is CC(c1ccnc(F)c1)C1(C(C)c2ccnc(F)c2)c2ccccc2-c2cccc(N)c21. The van der Waals surface area contributed by atoms with Crippen molar-refractivity contribution in [3.63, 3.8) is 0 Å². The van der Waals surface area contributed by atoms with Gasteiger partial charge >= 0.3 is 0 Å². The first-order valence-corrected chi connectivity index (χ1v) is 10.7. The standard InChI is InChI=1S/C27H23F2N3/c1-16(18-10-12-31-24(28)14-18)27(17(2)19-11-13-32-25(29)15-19)22-8-4-3-6-20(22)21-7-5-9-23(30)26(21)27/h3-17H,30H2,1-2H3. The van der Waals surface area contributed by atoms with Crippen LogP contribution in [0.3, 0.4) is 0 Å². The topological polar surface area (TPSA) is 51.8 Å². The van der Waals surface area contributed by atoms with Crippen molar-refractivity contribution in [2.24, 2.45) is 0 Å². The minimum absolute atomic E-state index is 0.182. The van der Waals surface area contributed by atoms with E-state index in [4.69, 9.17) is 5.73 Å². The Hall–Kier alpha value is -3.60. The van der Waals surface area contributed by atoms with E-state index in [1.807, 2.05) is 36.4 Å². The van der Waals surface area contributed by atoms with Crippen LogP contribution in [0.25, 0.3) is 11.1 Å². The fourth-order valence-electron chi connectivity index (χ4n) is 5.64. The number of halogens is 2. The smallest absolute Gasteiger partial charge is 0.213 e. The third-order valence-electron chi connectivity index (χ3n) is 7.04. The van der Waals surface area contributed by atoms with Crippen LogP contribution in [0.2, 0.25) is 0 Å². The molecule has 160 valence electrons. The van der Waals surface area contributed by atoms with Gasteiger partial charge in [0.2, 0.25) is 11.9 Å². The number of nitrogens with zero attached hydrogens (tertiary/aromatic N) is 2. The first kappa shape index (κ1) is 20.3. The molecule has 2 aromatic heterocycles. The lowest BCUT2D eigenvalue weighted by atomic mass is 9.58. The Labute approximate surface area is 186 Å². The lowest BCUT2D eigenvalue weighted by Crippen LogP contribution is -2.38. The number of hydrogen-bond donors (Lipinski definition) is 1. The average molecular weight is 427 g/mol. The molecule has 0 saturated heterocycles. The summed E-state index contributed by atoms with van der Waals surface area (Å²) < 4.78 is 28.4. The molecule has 5 rings (SSSR count). The zero-order chi connectivity index (χ0) is 22.5. The molecule has 1 aliphatic carbocycles. The molecule has 32 heavy (non-hydrogen) atoms. The summed E-state index contributed by atoms with van der Waals surface area (Å²) in [4.78, 5) is 7.49. The highest BCUT2D eigenvalue weighted by molar-refractivity contribution is 5.87. The number of pyridine rings is 2. The van der Waals surface area contributed by atoms with Crippen molar-refractivity contribution in [1.82, 2.24) is 9.97 Å². The van der Waals surface area contributed by atoms with Crippen LogP contribution in [0.15, 0.2) is 79.1 Å². The van der Waals surface area contributed by atoms with Crippen LogP contribution >= 0.6 is 0 Å². The summed E-state index contributed by atoms with van der Waals surface area (Å²) in [7, 11) is 0. The zero-order valence-electron chi connectivity index (χ0n) is 17.9. The molecule has 2 aromatic carbocycles. The molecule has 4 aromatic rings. The first-order valence-electron chi connectivity index (χ1n) is 10.7. The maximum absolute atomic E-state index is 14.2. The molecule has 5 heteroatoms. The van der Waals surface area contributed by atoms with Crippen LogP contribution in [0.1, 0.15) is 47.9 Å².